The number of amides is 2. The summed E-state index contributed by atoms with van der Waals surface area (Å²) in [5.74, 6) is -0.621. The molecule has 0 bridgehead atoms. The Labute approximate surface area is 230 Å². The number of nitrogens with one attached hydrogen (secondary N) is 1. The predicted octanol–water partition coefficient (Wildman–Crippen LogP) is 5.07. The fourth-order valence-electron chi connectivity index (χ4n) is 3.81. The number of nitrogens with zero attached hydrogens (tertiary/aromatic N) is 2. The third-order valence-corrected chi connectivity index (χ3v) is 6.28. The highest BCUT2D eigenvalue weighted by Crippen LogP contribution is 2.31. The van der Waals surface area contributed by atoms with E-state index in [0.717, 1.165) is 5.56 Å². The lowest BCUT2D eigenvalue weighted by Crippen LogP contribution is -2.51. The van der Waals surface area contributed by atoms with E-state index in [0.29, 0.717) is 22.2 Å². The van der Waals surface area contributed by atoms with Crippen molar-refractivity contribution in [1.82, 2.24) is 10.2 Å². The molecule has 0 aliphatic rings. The number of nitro benzene ring substituents is 1. The van der Waals surface area contributed by atoms with E-state index in [4.69, 9.17) is 32.7 Å². The molecule has 3 rings (SSSR count). The maximum atomic E-state index is 13.6. The Morgan fingerprint density at radius 3 is 2.45 bits per heavy atom. The van der Waals surface area contributed by atoms with Gasteiger partial charge in [-0.1, -0.05) is 59.6 Å². The van der Waals surface area contributed by atoms with Gasteiger partial charge in [0.25, 0.3) is 5.91 Å². The highest BCUT2D eigenvalue weighted by atomic mass is 35.5. The number of nitro groups is 1. The van der Waals surface area contributed by atoms with Crippen LogP contribution in [0, 0.1) is 10.1 Å². The number of benzene rings is 3. The van der Waals surface area contributed by atoms with Crippen molar-refractivity contribution in [3.8, 4) is 11.5 Å². The molecule has 0 saturated carbocycles. The van der Waals surface area contributed by atoms with E-state index in [2.05, 4.69) is 5.32 Å². The lowest BCUT2D eigenvalue weighted by atomic mass is 10.0. The molecule has 0 aliphatic heterocycles. The summed E-state index contributed by atoms with van der Waals surface area (Å²) in [6.07, 6.45) is 0.259. The second kappa shape index (κ2) is 13.6. The number of hydrogen-bond acceptors (Lipinski definition) is 6. The predicted molar refractivity (Wildman–Crippen MR) is 145 cm³/mol. The lowest BCUT2D eigenvalue weighted by molar-refractivity contribution is -0.385. The fraction of sp³-hybridized carbons (Fsp3) is 0.259. The molecule has 0 saturated heterocycles. The zero-order chi connectivity index (χ0) is 27.7. The average molecular weight is 560 g/mol. The minimum absolute atomic E-state index is 0.00553. The first-order chi connectivity index (χ1) is 18.2. The second-order valence-corrected chi connectivity index (χ2v) is 9.08. The summed E-state index contributed by atoms with van der Waals surface area (Å²) in [6.45, 7) is 1.77. The summed E-state index contributed by atoms with van der Waals surface area (Å²) >= 11 is 12.5. The van der Waals surface area contributed by atoms with Crippen molar-refractivity contribution in [2.75, 3.05) is 20.3 Å². The van der Waals surface area contributed by atoms with Gasteiger partial charge in [0.2, 0.25) is 11.7 Å². The van der Waals surface area contributed by atoms with Crippen LogP contribution in [0.1, 0.15) is 18.1 Å². The van der Waals surface area contributed by atoms with Crippen LogP contribution in [0.15, 0.2) is 66.7 Å². The number of carbonyl (C=O) groups is 2. The molecule has 3 aromatic rings. The SMILES string of the molecule is CCNC(=O)[C@@H](Cc1ccccc1)N(Cc1ccc(Cl)cc1Cl)C(=O)COc1ccc([N+](=O)[O-])c(OC)c1. The van der Waals surface area contributed by atoms with Crippen LogP contribution in [-0.4, -0.2) is 47.9 Å². The molecule has 0 heterocycles. The zero-order valence-electron chi connectivity index (χ0n) is 20.9. The molecule has 38 heavy (non-hydrogen) atoms. The molecular formula is C27H27Cl2N3O6. The van der Waals surface area contributed by atoms with Gasteiger partial charge in [0.15, 0.2) is 6.61 Å². The minimum atomic E-state index is -0.869. The molecule has 3 aromatic carbocycles. The lowest BCUT2D eigenvalue weighted by Gasteiger charge is -2.31. The van der Waals surface area contributed by atoms with E-state index in [1.807, 2.05) is 30.3 Å². The largest absolute Gasteiger partial charge is 0.490 e. The van der Waals surface area contributed by atoms with Gasteiger partial charge in [0.05, 0.1) is 12.0 Å². The summed E-state index contributed by atoms with van der Waals surface area (Å²) in [4.78, 5) is 38.8. The number of halogens is 2. The first kappa shape index (κ1) is 28.7. The average Bonchev–Trinajstić information content (AvgIpc) is 2.90. The third-order valence-electron chi connectivity index (χ3n) is 5.69. The topological polar surface area (TPSA) is 111 Å². The van der Waals surface area contributed by atoms with Crippen LogP contribution < -0.4 is 14.8 Å². The van der Waals surface area contributed by atoms with Crippen molar-refractivity contribution in [3.05, 3.63) is 98.0 Å². The maximum Gasteiger partial charge on any atom is 0.311 e. The number of likely N-dealkylation sites (N-methyl/N-ethyl adjacent to an activating group) is 1. The monoisotopic (exact) mass is 559 g/mol. The molecule has 9 nitrogen and oxygen atoms in total. The fourth-order valence-corrected chi connectivity index (χ4v) is 4.27. The van der Waals surface area contributed by atoms with Crippen molar-refractivity contribution < 1.29 is 24.0 Å². The van der Waals surface area contributed by atoms with Crippen LogP contribution in [0.5, 0.6) is 11.5 Å². The molecule has 0 spiro atoms. The molecule has 1 N–H and O–H groups in total. The van der Waals surface area contributed by atoms with Gasteiger partial charge >= 0.3 is 5.69 Å². The Kier molecular flexibility index (Phi) is 10.3. The molecule has 0 fully saturated rings. The minimum Gasteiger partial charge on any atom is -0.490 e. The first-order valence-corrected chi connectivity index (χ1v) is 12.5. The van der Waals surface area contributed by atoms with Crippen molar-refractivity contribution in [2.45, 2.75) is 25.9 Å². The van der Waals surface area contributed by atoms with Crippen LogP contribution in [0.2, 0.25) is 10.0 Å². The number of rotatable bonds is 12. The molecule has 2 amide bonds. The van der Waals surface area contributed by atoms with E-state index >= 15 is 0 Å². The Bertz CT molecular complexity index is 1290. The van der Waals surface area contributed by atoms with Gasteiger partial charge in [0.1, 0.15) is 11.8 Å². The van der Waals surface area contributed by atoms with Crippen molar-refractivity contribution >= 4 is 40.7 Å². The number of hydrogen-bond donors (Lipinski definition) is 1. The Morgan fingerprint density at radius 2 is 1.82 bits per heavy atom. The first-order valence-electron chi connectivity index (χ1n) is 11.7. The normalized spacial score (nSPS) is 11.4. The van der Waals surface area contributed by atoms with Crippen LogP contribution in [0.4, 0.5) is 5.69 Å². The molecule has 200 valence electrons. The highest BCUT2D eigenvalue weighted by molar-refractivity contribution is 6.35. The van der Waals surface area contributed by atoms with E-state index in [-0.39, 0.29) is 36.1 Å². The van der Waals surface area contributed by atoms with Crippen LogP contribution in [0.25, 0.3) is 0 Å². The molecular weight excluding hydrogens is 533 g/mol. The van der Waals surface area contributed by atoms with Gasteiger partial charge in [-0.05, 0) is 36.2 Å². The van der Waals surface area contributed by atoms with E-state index in [9.17, 15) is 19.7 Å². The number of ether oxygens (including phenoxy) is 2. The van der Waals surface area contributed by atoms with Crippen LogP contribution >= 0.6 is 23.2 Å². The molecule has 0 aromatic heterocycles. The van der Waals surface area contributed by atoms with Crippen LogP contribution in [0.3, 0.4) is 0 Å². The van der Waals surface area contributed by atoms with Crippen LogP contribution in [-0.2, 0) is 22.6 Å². The summed E-state index contributed by atoms with van der Waals surface area (Å²) < 4.78 is 10.7. The summed E-state index contributed by atoms with van der Waals surface area (Å²) in [5, 5.41) is 14.8. The van der Waals surface area contributed by atoms with Gasteiger partial charge in [0, 0.05) is 41.7 Å². The Morgan fingerprint density at radius 1 is 1.08 bits per heavy atom. The van der Waals surface area contributed by atoms with Gasteiger partial charge < -0.3 is 19.7 Å². The van der Waals surface area contributed by atoms with Gasteiger partial charge in [-0.15, -0.1) is 0 Å². The maximum absolute atomic E-state index is 13.6. The standard InChI is InChI=1S/C27H27Cl2N3O6/c1-3-30-27(34)24(13-18-7-5-4-6-8-18)31(16-19-9-10-20(28)14-22(19)29)26(33)17-38-21-11-12-23(32(35)36)25(15-21)37-2/h4-12,14-15,24H,3,13,16-17H2,1-2H3,(H,30,34)/t24-/m1/s1. The molecule has 11 heteroatoms. The zero-order valence-corrected chi connectivity index (χ0v) is 22.4. The van der Waals surface area contributed by atoms with E-state index < -0.39 is 23.5 Å². The molecule has 1 atom stereocenters. The number of methoxy groups -OCH3 is 1. The summed E-state index contributed by atoms with van der Waals surface area (Å²) in [7, 11) is 1.30. The summed E-state index contributed by atoms with van der Waals surface area (Å²) in [6, 6.07) is 17.3. The molecule has 0 aliphatic carbocycles. The van der Waals surface area contributed by atoms with E-state index in [1.165, 1.54) is 30.2 Å². The molecule has 0 unspecified atom stereocenters. The molecule has 0 radical (unpaired) electrons. The second-order valence-electron chi connectivity index (χ2n) is 8.24. The van der Waals surface area contributed by atoms with Gasteiger partial charge in [-0.3, -0.25) is 19.7 Å². The van der Waals surface area contributed by atoms with Gasteiger partial charge in [-0.2, -0.15) is 0 Å². The quantitative estimate of drug-likeness (QED) is 0.245. The van der Waals surface area contributed by atoms with Crippen molar-refractivity contribution in [3.63, 3.8) is 0 Å². The Balaban J connectivity index is 1.92. The van der Waals surface area contributed by atoms with Gasteiger partial charge in [-0.25, -0.2) is 0 Å². The van der Waals surface area contributed by atoms with Crippen molar-refractivity contribution in [2.24, 2.45) is 0 Å². The van der Waals surface area contributed by atoms with E-state index in [1.54, 1.807) is 25.1 Å². The van der Waals surface area contributed by atoms with Crippen molar-refractivity contribution in [1.29, 1.82) is 0 Å². The Hall–Kier alpha value is -3.82. The third kappa shape index (κ3) is 7.60. The number of carbonyl (C=O) groups excluding carboxylic acids is 2. The smallest absolute Gasteiger partial charge is 0.311 e. The summed E-state index contributed by atoms with van der Waals surface area (Å²) in [5.41, 5.74) is 1.23. The highest BCUT2D eigenvalue weighted by Gasteiger charge is 2.31.